The molecule has 1 aromatic rings. The van der Waals surface area contributed by atoms with Crippen molar-refractivity contribution in [3.63, 3.8) is 0 Å². The Labute approximate surface area is 172 Å². The molecule has 28 heavy (non-hydrogen) atoms. The van der Waals surface area contributed by atoms with Crippen molar-refractivity contribution in [1.29, 1.82) is 0 Å². The van der Waals surface area contributed by atoms with Crippen LogP contribution >= 0.6 is 11.3 Å². The number of primary amides is 1. The van der Waals surface area contributed by atoms with Crippen LogP contribution < -0.4 is 11.1 Å². The van der Waals surface area contributed by atoms with E-state index < -0.39 is 0 Å². The average molecular weight is 411 g/mol. The van der Waals surface area contributed by atoms with Crippen molar-refractivity contribution in [2.24, 2.45) is 16.6 Å². The number of nitrogens with two attached hydrogens (primary N) is 1. The normalized spacial score (nSPS) is 19.4. The Morgan fingerprint density at radius 3 is 3.07 bits per heavy atom. The Bertz CT molecular complexity index is 650. The molecule has 0 saturated carbocycles. The fraction of sp³-hybridized carbons (Fsp3) is 0.737. The predicted octanol–water partition coefficient (Wildman–Crippen LogP) is 1.45. The highest BCUT2D eigenvalue weighted by Crippen LogP contribution is 2.21. The van der Waals surface area contributed by atoms with Crippen LogP contribution in [0.2, 0.25) is 0 Å². The van der Waals surface area contributed by atoms with Gasteiger partial charge in [-0.15, -0.1) is 11.3 Å². The molecule has 0 radical (unpaired) electrons. The first-order valence-electron chi connectivity index (χ1n) is 9.85. The first-order chi connectivity index (χ1) is 13.4. The number of thiazole rings is 1. The lowest BCUT2D eigenvalue weighted by molar-refractivity contribution is -0.123. The fourth-order valence-electron chi connectivity index (χ4n) is 3.38. The molecule has 1 fully saturated rings. The SMILES string of the molecule is CN=C(NCCCN1CCCC(C(N)=O)C1)N(C)Cc1csc(C(C)OC)n1. The van der Waals surface area contributed by atoms with Crippen LogP contribution in [0.25, 0.3) is 0 Å². The number of aliphatic imine (C=N–C) groups is 1. The van der Waals surface area contributed by atoms with Crippen molar-refractivity contribution in [1.82, 2.24) is 20.1 Å². The molecular weight excluding hydrogens is 376 g/mol. The van der Waals surface area contributed by atoms with Gasteiger partial charge >= 0.3 is 0 Å². The van der Waals surface area contributed by atoms with Gasteiger partial charge in [0.15, 0.2) is 5.96 Å². The third kappa shape index (κ3) is 6.72. The van der Waals surface area contributed by atoms with Gasteiger partial charge in [-0.05, 0) is 39.3 Å². The molecule has 2 atom stereocenters. The number of hydrogen-bond acceptors (Lipinski definition) is 6. The molecule has 0 spiro atoms. The molecule has 1 amide bonds. The molecule has 8 nitrogen and oxygen atoms in total. The molecule has 1 aliphatic heterocycles. The van der Waals surface area contributed by atoms with Gasteiger partial charge in [-0.2, -0.15) is 0 Å². The Hall–Kier alpha value is -1.71. The number of aromatic nitrogens is 1. The van der Waals surface area contributed by atoms with E-state index in [4.69, 9.17) is 10.5 Å². The van der Waals surface area contributed by atoms with E-state index in [-0.39, 0.29) is 17.9 Å². The number of hydrogen-bond donors (Lipinski definition) is 2. The number of rotatable bonds is 9. The molecule has 158 valence electrons. The third-order valence-electron chi connectivity index (χ3n) is 5.09. The quantitative estimate of drug-likeness (QED) is 0.363. The van der Waals surface area contributed by atoms with Crippen LogP contribution in [0.15, 0.2) is 10.4 Å². The molecule has 0 aliphatic carbocycles. The minimum absolute atomic E-state index is 0.00411. The summed E-state index contributed by atoms with van der Waals surface area (Å²) in [5, 5.41) is 6.47. The van der Waals surface area contributed by atoms with Crippen molar-refractivity contribution in [2.75, 3.05) is 47.4 Å². The Morgan fingerprint density at radius 1 is 1.61 bits per heavy atom. The van der Waals surface area contributed by atoms with Crippen molar-refractivity contribution < 1.29 is 9.53 Å². The number of methoxy groups -OCH3 is 1. The van der Waals surface area contributed by atoms with Crippen LogP contribution in [-0.4, -0.2) is 74.0 Å². The number of amides is 1. The smallest absolute Gasteiger partial charge is 0.221 e. The second kappa shape index (κ2) is 11.3. The molecule has 0 bridgehead atoms. The van der Waals surface area contributed by atoms with Crippen LogP contribution in [0.5, 0.6) is 0 Å². The zero-order valence-electron chi connectivity index (χ0n) is 17.5. The summed E-state index contributed by atoms with van der Waals surface area (Å²) in [5.74, 6) is 0.683. The highest BCUT2D eigenvalue weighted by molar-refractivity contribution is 7.09. The molecule has 2 unspecified atom stereocenters. The number of likely N-dealkylation sites (tertiary alicyclic amines) is 1. The highest BCUT2D eigenvalue weighted by atomic mass is 32.1. The molecule has 1 saturated heterocycles. The molecule has 0 aromatic carbocycles. The molecule has 1 aromatic heterocycles. The number of guanidine groups is 1. The van der Waals surface area contributed by atoms with Gasteiger partial charge in [-0.3, -0.25) is 9.79 Å². The Balaban J connectivity index is 1.73. The van der Waals surface area contributed by atoms with Gasteiger partial charge in [0.1, 0.15) is 11.1 Å². The number of nitrogens with one attached hydrogen (secondary N) is 1. The van der Waals surface area contributed by atoms with E-state index in [1.165, 1.54) is 0 Å². The van der Waals surface area contributed by atoms with E-state index in [2.05, 4.69) is 30.5 Å². The maximum atomic E-state index is 11.4. The molecule has 1 aliphatic rings. The second-order valence-electron chi connectivity index (χ2n) is 7.28. The van der Waals surface area contributed by atoms with Gasteiger partial charge < -0.3 is 25.6 Å². The van der Waals surface area contributed by atoms with E-state index in [1.807, 2.05) is 14.0 Å². The van der Waals surface area contributed by atoms with Gasteiger partial charge in [0.05, 0.1) is 18.2 Å². The first kappa shape index (κ1) is 22.6. The number of carbonyl (C=O) groups excluding carboxylic acids is 1. The average Bonchev–Trinajstić information content (AvgIpc) is 3.16. The van der Waals surface area contributed by atoms with Crippen molar-refractivity contribution in [3.8, 4) is 0 Å². The monoisotopic (exact) mass is 410 g/mol. The zero-order valence-corrected chi connectivity index (χ0v) is 18.3. The summed E-state index contributed by atoms with van der Waals surface area (Å²) >= 11 is 1.62. The standard InChI is InChI=1S/C19H34N6O2S/c1-14(27-4)18-23-16(13-28-18)12-24(3)19(21-2)22-8-6-10-25-9-5-7-15(11-25)17(20)26/h13-15H,5-12H2,1-4H3,(H2,20,26)(H,21,22). The summed E-state index contributed by atoms with van der Waals surface area (Å²) in [6, 6.07) is 0. The van der Waals surface area contributed by atoms with Crippen LogP contribution in [0.4, 0.5) is 0 Å². The lowest BCUT2D eigenvalue weighted by Gasteiger charge is -2.31. The van der Waals surface area contributed by atoms with E-state index in [1.54, 1.807) is 25.5 Å². The Kier molecular flexibility index (Phi) is 9.14. The summed E-state index contributed by atoms with van der Waals surface area (Å²) in [4.78, 5) is 24.8. The Morgan fingerprint density at radius 2 is 2.39 bits per heavy atom. The fourth-order valence-corrected chi connectivity index (χ4v) is 4.22. The zero-order chi connectivity index (χ0) is 20.5. The summed E-state index contributed by atoms with van der Waals surface area (Å²) < 4.78 is 5.33. The molecule has 3 N–H and O–H groups in total. The van der Waals surface area contributed by atoms with Crippen LogP contribution in [0.1, 0.15) is 43.0 Å². The highest BCUT2D eigenvalue weighted by Gasteiger charge is 2.23. The van der Waals surface area contributed by atoms with Gasteiger partial charge in [-0.25, -0.2) is 4.98 Å². The van der Waals surface area contributed by atoms with Crippen molar-refractivity contribution >= 4 is 23.2 Å². The summed E-state index contributed by atoms with van der Waals surface area (Å²) in [6.45, 7) is 6.32. The topological polar surface area (TPSA) is 96.1 Å². The maximum absolute atomic E-state index is 11.4. The second-order valence-corrected chi connectivity index (χ2v) is 8.17. The van der Waals surface area contributed by atoms with Gasteiger partial charge in [0.25, 0.3) is 0 Å². The summed E-state index contributed by atoms with van der Waals surface area (Å²) in [5.41, 5.74) is 6.47. The number of carbonyl (C=O) groups is 1. The van der Waals surface area contributed by atoms with E-state index in [0.29, 0.717) is 6.54 Å². The van der Waals surface area contributed by atoms with Gasteiger partial charge in [-0.1, -0.05) is 0 Å². The molecular formula is C19H34N6O2S. The molecule has 2 heterocycles. The third-order valence-corrected chi connectivity index (χ3v) is 6.14. The van der Waals surface area contributed by atoms with Gasteiger partial charge in [0.2, 0.25) is 5.91 Å². The summed E-state index contributed by atoms with van der Waals surface area (Å²) in [7, 11) is 5.50. The van der Waals surface area contributed by atoms with Gasteiger partial charge in [0, 0.05) is 39.7 Å². The number of ether oxygens (including phenoxy) is 1. The van der Waals surface area contributed by atoms with Crippen LogP contribution in [0, 0.1) is 5.92 Å². The summed E-state index contributed by atoms with van der Waals surface area (Å²) in [6.07, 6.45) is 2.97. The molecule has 2 rings (SSSR count). The largest absolute Gasteiger partial charge is 0.375 e. The lowest BCUT2D eigenvalue weighted by Crippen LogP contribution is -2.43. The molecule has 9 heteroatoms. The van der Waals surface area contributed by atoms with E-state index in [0.717, 1.165) is 62.1 Å². The van der Waals surface area contributed by atoms with E-state index in [9.17, 15) is 4.79 Å². The number of piperidine rings is 1. The predicted molar refractivity (Wildman–Crippen MR) is 113 cm³/mol. The van der Waals surface area contributed by atoms with Crippen LogP contribution in [0.3, 0.4) is 0 Å². The maximum Gasteiger partial charge on any atom is 0.221 e. The number of nitrogens with zero attached hydrogens (tertiary/aromatic N) is 4. The minimum Gasteiger partial charge on any atom is -0.375 e. The first-order valence-corrected chi connectivity index (χ1v) is 10.7. The lowest BCUT2D eigenvalue weighted by atomic mass is 9.97. The van der Waals surface area contributed by atoms with Crippen molar-refractivity contribution in [2.45, 2.75) is 38.8 Å². The van der Waals surface area contributed by atoms with Crippen LogP contribution in [-0.2, 0) is 16.1 Å². The minimum atomic E-state index is -0.171. The van der Waals surface area contributed by atoms with E-state index >= 15 is 0 Å². The van der Waals surface area contributed by atoms with Crippen molar-refractivity contribution in [3.05, 3.63) is 16.1 Å².